The summed E-state index contributed by atoms with van der Waals surface area (Å²) in [6.45, 7) is 5.73. The van der Waals surface area contributed by atoms with Gasteiger partial charge in [-0.3, -0.25) is 4.79 Å². The van der Waals surface area contributed by atoms with Gasteiger partial charge in [-0.1, -0.05) is 19.9 Å². The molecule has 0 heterocycles. The van der Waals surface area contributed by atoms with Crippen LogP contribution in [-0.2, 0) is 19.1 Å². The van der Waals surface area contributed by atoms with Crippen molar-refractivity contribution in [3.8, 4) is 0 Å². The summed E-state index contributed by atoms with van der Waals surface area (Å²) in [5.41, 5.74) is 0. The molecule has 0 radical (unpaired) electrons. The average Bonchev–Trinajstić information content (AvgIpc) is 2.18. The maximum Gasteiger partial charge on any atom is 0.330 e. The van der Waals surface area contributed by atoms with Crippen LogP contribution in [0, 0.1) is 0 Å². The van der Waals surface area contributed by atoms with Gasteiger partial charge in [0.05, 0.1) is 13.0 Å². The van der Waals surface area contributed by atoms with Gasteiger partial charge >= 0.3 is 11.9 Å². The second-order valence-corrected chi connectivity index (χ2v) is 2.70. The number of hydrogen-bond donors (Lipinski definition) is 0. The van der Waals surface area contributed by atoms with Gasteiger partial charge < -0.3 is 9.47 Å². The van der Waals surface area contributed by atoms with E-state index in [0.29, 0.717) is 6.61 Å². The van der Waals surface area contributed by atoms with Crippen LogP contribution in [0.2, 0.25) is 0 Å². The monoisotopic (exact) mass is 200 g/mol. The molecule has 0 aliphatic rings. The Hall–Kier alpha value is -1.32. The van der Waals surface area contributed by atoms with Crippen LogP contribution in [0.5, 0.6) is 0 Å². The van der Waals surface area contributed by atoms with Gasteiger partial charge in [-0.05, 0) is 6.42 Å². The molecular formula is C10H16O4. The molecule has 0 amide bonds. The molecule has 0 aliphatic heterocycles. The number of carbonyl (C=O) groups excluding carboxylic acids is 2. The van der Waals surface area contributed by atoms with Gasteiger partial charge in [0.15, 0.2) is 0 Å². The van der Waals surface area contributed by atoms with Gasteiger partial charge in [-0.25, -0.2) is 4.79 Å². The predicted molar refractivity (Wildman–Crippen MR) is 51.6 cm³/mol. The third kappa shape index (κ3) is 7.34. The molecule has 0 aromatic heterocycles. The Morgan fingerprint density at radius 2 is 2.00 bits per heavy atom. The first-order valence-electron chi connectivity index (χ1n) is 4.65. The molecular weight excluding hydrogens is 184 g/mol. The summed E-state index contributed by atoms with van der Waals surface area (Å²) in [6.07, 6.45) is 3.00. The summed E-state index contributed by atoms with van der Waals surface area (Å²) < 4.78 is 9.45. The molecule has 0 N–H and O–H groups in total. The normalized spacial score (nSPS) is 9.21. The Labute approximate surface area is 83.9 Å². The fourth-order valence-electron chi connectivity index (χ4n) is 0.696. The molecule has 0 aromatic rings. The number of rotatable bonds is 7. The van der Waals surface area contributed by atoms with Crippen molar-refractivity contribution in [1.29, 1.82) is 0 Å². The molecule has 0 spiro atoms. The van der Waals surface area contributed by atoms with Gasteiger partial charge in [0.25, 0.3) is 0 Å². The third-order valence-corrected chi connectivity index (χ3v) is 1.48. The van der Waals surface area contributed by atoms with E-state index in [-0.39, 0.29) is 19.0 Å². The summed E-state index contributed by atoms with van der Waals surface area (Å²) in [5, 5.41) is 0. The molecule has 0 saturated carbocycles. The van der Waals surface area contributed by atoms with Crippen molar-refractivity contribution in [2.24, 2.45) is 0 Å². The number of unbranched alkanes of at least 4 members (excludes halogenated alkanes) is 1. The third-order valence-electron chi connectivity index (χ3n) is 1.48. The summed E-state index contributed by atoms with van der Waals surface area (Å²) in [4.78, 5) is 21.5. The Morgan fingerprint density at radius 1 is 1.29 bits per heavy atom. The van der Waals surface area contributed by atoms with Crippen LogP contribution >= 0.6 is 0 Å². The maximum atomic E-state index is 10.9. The van der Waals surface area contributed by atoms with E-state index < -0.39 is 5.97 Å². The zero-order chi connectivity index (χ0) is 10.8. The summed E-state index contributed by atoms with van der Waals surface area (Å²) >= 11 is 0. The van der Waals surface area contributed by atoms with Crippen LogP contribution in [0.25, 0.3) is 0 Å². The molecule has 0 bridgehead atoms. The van der Waals surface area contributed by atoms with Crippen molar-refractivity contribution in [1.82, 2.24) is 0 Å². The highest BCUT2D eigenvalue weighted by Crippen LogP contribution is 1.93. The highest BCUT2D eigenvalue weighted by molar-refractivity contribution is 5.81. The molecule has 0 saturated heterocycles. The van der Waals surface area contributed by atoms with Gasteiger partial charge in [-0.15, -0.1) is 0 Å². The summed E-state index contributed by atoms with van der Waals surface area (Å²) in [7, 11) is 0. The topological polar surface area (TPSA) is 52.6 Å². The predicted octanol–water partition coefficient (Wildman–Crippen LogP) is 1.45. The molecule has 80 valence electrons. The lowest BCUT2D eigenvalue weighted by Crippen LogP contribution is -2.11. The minimum atomic E-state index is -0.522. The summed E-state index contributed by atoms with van der Waals surface area (Å²) in [6, 6.07) is 0. The van der Waals surface area contributed by atoms with E-state index in [1.165, 1.54) is 0 Å². The van der Waals surface area contributed by atoms with E-state index in [1.807, 2.05) is 6.92 Å². The second-order valence-electron chi connectivity index (χ2n) is 2.70. The Morgan fingerprint density at radius 3 is 2.57 bits per heavy atom. The molecule has 0 atom stereocenters. The molecule has 4 heteroatoms. The number of esters is 2. The number of hydrogen-bond acceptors (Lipinski definition) is 4. The lowest BCUT2D eigenvalue weighted by molar-refractivity contribution is -0.147. The van der Waals surface area contributed by atoms with Crippen molar-refractivity contribution < 1.29 is 19.1 Å². The second kappa shape index (κ2) is 8.29. The van der Waals surface area contributed by atoms with Crippen molar-refractivity contribution >= 4 is 11.9 Å². The van der Waals surface area contributed by atoms with Crippen LogP contribution < -0.4 is 0 Å². The van der Waals surface area contributed by atoms with E-state index in [4.69, 9.17) is 4.74 Å². The number of carbonyl (C=O) groups is 2. The van der Waals surface area contributed by atoms with E-state index in [0.717, 1.165) is 18.9 Å². The Kier molecular flexibility index (Phi) is 7.50. The Balaban J connectivity index is 3.35. The first-order valence-corrected chi connectivity index (χ1v) is 4.65. The minimum Gasteiger partial charge on any atom is -0.466 e. The molecule has 0 rings (SSSR count). The van der Waals surface area contributed by atoms with Gasteiger partial charge in [0.1, 0.15) is 6.61 Å². The molecule has 14 heavy (non-hydrogen) atoms. The van der Waals surface area contributed by atoms with Crippen LogP contribution in [0.4, 0.5) is 0 Å². The van der Waals surface area contributed by atoms with E-state index in [2.05, 4.69) is 11.3 Å². The van der Waals surface area contributed by atoms with Crippen molar-refractivity contribution in [2.45, 2.75) is 26.2 Å². The van der Waals surface area contributed by atoms with Crippen molar-refractivity contribution in [3.63, 3.8) is 0 Å². The van der Waals surface area contributed by atoms with Gasteiger partial charge in [-0.2, -0.15) is 0 Å². The quantitative estimate of drug-likeness (QED) is 0.354. The zero-order valence-electron chi connectivity index (χ0n) is 8.45. The maximum absolute atomic E-state index is 10.9. The Bertz CT molecular complexity index is 198. The first kappa shape index (κ1) is 12.7. The lowest BCUT2D eigenvalue weighted by Gasteiger charge is -2.03. The molecule has 0 unspecified atom stereocenters. The van der Waals surface area contributed by atoms with E-state index in [1.54, 1.807) is 0 Å². The first-order chi connectivity index (χ1) is 6.70. The largest absolute Gasteiger partial charge is 0.466 e. The standard InChI is InChI=1S/C10H16O4/c1-3-5-7-13-10(12)6-8-14-9(11)4-2/h4H,2-3,5-8H2,1H3. The van der Waals surface area contributed by atoms with E-state index in [9.17, 15) is 9.59 Å². The molecule has 0 aliphatic carbocycles. The van der Waals surface area contributed by atoms with Crippen molar-refractivity contribution in [3.05, 3.63) is 12.7 Å². The van der Waals surface area contributed by atoms with Crippen LogP contribution in [0.15, 0.2) is 12.7 Å². The fourth-order valence-corrected chi connectivity index (χ4v) is 0.696. The average molecular weight is 200 g/mol. The highest BCUT2D eigenvalue weighted by atomic mass is 16.5. The van der Waals surface area contributed by atoms with Crippen LogP contribution in [-0.4, -0.2) is 25.2 Å². The van der Waals surface area contributed by atoms with Crippen molar-refractivity contribution in [2.75, 3.05) is 13.2 Å². The van der Waals surface area contributed by atoms with Crippen LogP contribution in [0.1, 0.15) is 26.2 Å². The smallest absolute Gasteiger partial charge is 0.330 e. The fraction of sp³-hybridized carbons (Fsp3) is 0.600. The molecule has 0 fully saturated rings. The van der Waals surface area contributed by atoms with Gasteiger partial charge in [0, 0.05) is 6.08 Å². The SMILES string of the molecule is C=CC(=O)OCCC(=O)OCCCC. The summed E-state index contributed by atoms with van der Waals surface area (Å²) in [5.74, 6) is -0.860. The minimum absolute atomic E-state index is 0.0514. The number of ether oxygens (including phenoxy) is 2. The van der Waals surface area contributed by atoms with Crippen LogP contribution in [0.3, 0.4) is 0 Å². The molecule has 4 nitrogen and oxygen atoms in total. The van der Waals surface area contributed by atoms with Gasteiger partial charge in [0.2, 0.25) is 0 Å². The molecule has 0 aromatic carbocycles. The highest BCUT2D eigenvalue weighted by Gasteiger charge is 2.03. The van der Waals surface area contributed by atoms with E-state index >= 15 is 0 Å². The zero-order valence-corrected chi connectivity index (χ0v) is 8.45. The lowest BCUT2D eigenvalue weighted by atomic mass is 10.4.